The van der Waals surface area contributed by atoms with Crippen molar-refractivity contribution in [3.05, 3.63) is 29.0 Å². The topological polar surface area (TPSA) is 38.1 Å². The number of benzene rings is 1. The summed E-state index contributed by atoms with van der Waals surface area (Å²) >= 11 is 11.9. The van der Waals surface area contributed by atoms with Crippen LogP contribution in [0.2, 0.25) is 5.02 Å². The first kappa shape index (κ1) is 15.1. The van der Waals surface area contributed by atoms with Crippen molar-refractivity contribution >= 4 is 40.1 Å². The van der Waals surface area contributed by atoms with Crippen molar-refractivity contribution in [3.63, 3.8) is 0 Å². The van der Waals surface area contributed by atoms with Gasteiger partial charge in [0.25, 0.3) is 0 Å². The second-order valence-corrected chi connectivity index (χ2v) is 5.60. The molecular formula is C14H17Cl2N3O. The first-order valence-electron chi connectivity index (χ1n) is 6.43. The maximum atomic E-state index is 11.8. The molecule has 0 spiro atoms. The summed E-state index contributed by atoms with van der Waals surface area (Å²) in [5.41, 5.74) is 1.83. The van der Waals surface area contributed by atoms with Crippen LogP contribution in [-0.4, -0.2) is 40.3 Å². The third-order valence-electron chi connectivity index (χ3n) is 3.16. The predicted molar refractivity (Wildman–Crippen MR) is 82.5 cm³/mol. The normalized spacial score (nSPS) is 11.0. The molecule has 0 aliphatic rings. The molecule has 20 heavy (non-hydrogen) atoms. The van der Waals surface area contributed by atoms with Crippen molar-refractivity contribution < 1.29 is 4.79 Å². The molecular weight excluding hydrogens is 297 g/mol. The quantitative estimate of drug-likeness (QED) is 0.796. The lowest BCUT2D eigenvalue weighted by Gasteiger charge is -2.12. The average molecular weight is 314 g/mol. The Hall–Kier alpha value is -1.26. The van der Waals surface area contributed by atoms with Gasteiger partial charge in [-0.15, -0.1) is 11.6 Å². The smallest absolute Gasteiger partial charge is 0.223 e. The molecule has 1 amide bonds. The highest BCUT2D eigenvalue weighted by Gasteiger charge is 2.12. The first-order chi connectivity index (χ1) is 9.52. The van der Waals surface area contributed by atoms with E-state index in [1.165, 1.54) is 0 Å². The zero-order valence-electron chi connectivity index (χ0n) is 11.6. The highest BCUT2D eigenvalue weighted by Crippen LogP contribution is 2.21. The summed E-state index contributed by atoms with van der Waals surface area (Å²) in [7, 11) is 3.51. The highest BCUT2D eigenvalue weighted by atomic mass is 35.5. The maximum Gasteiger partial charge on any atom is 0.223 e. The van der Waals surface area contributed by atoms with E-state index in [0.29, 0.717) is 30.3 Å². The minimum absolute atomic E-state index is 0.0886. The second-order valence-electron chi connectivity index (χ2n) is 4.79. The van der Waals surface area contributed by atoms with E-state index >= 15 is 0 Å². The standard InChI is InChI=1S/C14H17Cl2N3O/c1-18(2)14(20)6-8-19-12-9-10(16)3-4-11(12)17-13(19)5-7-15/h3-4,9H,5-8H2,1-2H3. The zero-order chi connectivity index (χ0) is 14.7. The molecule has 108 valence electrons. The third kappa shape index (κ3) is 3.25. The van der Waals surface area contributed by atoms with Gasteiger partial charge >= 0.3 is 0 Å². The van der Waals surface area contributed by atoms with Crippen LogP contribution in [0, 0.1) is 0 Å². The molecule has 2 rings (SSSR count). The summed E-state index contributed by atoms with van der Waals surface area (Å²) in [6.07, 6.45) is 1.10. The minimum Gasteiger partial charge on any atom is -0.349 e. The molecule has 0 bridgehead atoms. The monoisotopic (exact) mass is 313 g/mol. The number of aryl methyl sites for hydroxylation is 2. The van der Waals surface area contributed by atoms with Crippen LogP contribution < -0.4 is 0 Å². The predicted octanol–water partition coefficient (Wildman–Crippen LogP) is 2.95. The Labute approximate surface area is 128 Å². The number of carbonyl (C=O) groups excluding carboxylic acids is 1. The molecule has 0 aliphatic heterocycles. The fourth-order valence-corrected chi connectivity index (χ4v) is 2.44. The van der Waals surface area contributed by atoms with Crippen LogP contribution in [0.4, 0.5) is 0 Å². The number of carbonyl (C=O) groups is 1. The van der Waals surface area contributed by atoms with E-state index in [2.05, 4.69) is 4.98 Å². The van der Waals surface area contributed by atoms with Gasteiger partial charge in [-0.05, 0) is 18.2 Å². The zero-order valence-corrected chi connectivity index (χ0v) is 13.1. The van der Waals surface area contributed by atoms with Gasteiger partial charge in [0, 0.05) is 44.4 Å². The van der Waals surface area contributed by atoms with Crippen LogP contribution in [0.25, 0.3) is 11.0 Å². The van der Waals surface area contributed by atoms with E-state index in [9.17, 15) is 4.79 Å². The maximum absolute atomic E-state index is 11.8. The molecule has 2 aromatic rings. The molecule has 4 nitrogen and oxygen atoms in total. The van der Waals surface area contributed by atoms with Crippen molar-refractivity contribution in [2.24, 2.45) is 0 Å². The van der Waals surface area contributed by atoms with E-state index in [0.717, 1.165) is 16.9 Å². The number of alkyl halides is 1. The van der Waals surface area contributed by atoms with Crippen LogP contribution in [0.5, 0.6) is 0 Å². The summed E-state index contributed by atoms with van der Waals surface area (Å²) in [6, 6.07) is 5.58. The second kappa shape index (κ2) is 6.46. The van der Waals surface area contributed by atoms with Crippen LogP contribution in [0.1, 0.15) is 12.2 Å². The molecule has 0 aliphatic carbocycles. The Kier molecular flexibility index (Phi) is 4.89. The van der Waals surface area contributed by atoms with Crippen molar-refractivity contribution in [2.75, 3.05) is 20.0 Å². The van der Waals surface area contributed by atoms with E-state index in [1.54, 1.807) is 19.0 Å². The number of rotatable bonds is 5. The lowest BCUT2D eigenvalue weighted by molar-refractivity contribution is -0.128. The third-order valence-corrected chi connectivity index (χ3v) is 3.58. The van der Waals surface area contributed by atoms with Gasteiger partial charge in [-0.3, -0.25) is 4.79 Å². The Balaban J connectivity index is 2.34. The number of hydrogen-bond donors (Lipinski definition) is 0. The van der Waals surface area contributed by atoms with Gasteiger partial charge in [-0.1, -0.05) is 11.6 Å². The average Bonchev–Trinajstić information content (AvgIpc) is 2.73. The summed E-state index contributed by atoms with van der Waals surface area (Å²) in [6.45, 7) is 0.583. The van der Waals surface area contributed by atoms with Gasteiger partial charge in [0.1, 0.15) is 5.82 Å². The number of halogens is 2. The van der Waals surface area contributed by atoms with Crippen molar-refractivity contribution in [1.82, 2.24) is 14.5 Å². The Morgan fingerprint density at radius 3 is 2.80 bits per heavy atom. The molecule has 6 heteroatoms. The van der Waals surface area contributed by atoms with Crippen LogP contribution in [0.3, 0.4) is 0 Å². The van der Waals surface area contributed by atoms with Gasteiger partial charge in [-0.2, -0.15) is 0 Å². The molecule has 0 atom stereocenters. The molecule has 0 saturated heterocycles. The minimum atomic E-state index is 0.0886. The number of nitrogens with zero attached hydrogens (tertiary/aromatic N) is 3. The Bertz CT molecular complexity index is 622. The Morgan fingerprint density at radius 2 is 2.15 bits per heavy atom. The fraction of sp³-hybridized carbons (Fsp3) is 0.429. The van der Waals surface area contributed by atoms with Gasteiger partial charge in [0.15, 0.2) is 0 Å². The molecule has 0 N–H and O–H groups in total. The van der Waals surface area contributed by atoms with Crippen LogP contribution in [-0.2, 0) is 17.8 Å². The summed E-state index contributed by atoms with van der Waals surface area (Å²) in [5, 5.41) is 0.662. The molecule has 0 saturated carbocycles. The SMILES string of the molecule is CN(C)C(=O)CCn1c(CCCl)nc2ccc(Cl)cc21. The lowest BCUT2D eigenvalue weighted by Crippen LogP contribution is -2.23. The number of imidazole rings is 1. The van der Waals surface area contributed by atoms with Crippen LogP contribution >= 0.6 is 23.2 Å². The molecule has 1 aromatic heterocycles. The van der Waals surface area contributed by atoms with Gasteiger partial charge < -0.3 is 9.47 Å². The number of fused-ring (bicyclic) bond motifs is 1. The molecule has 0 fully saturated rings. The lowest BCUT2D eigenvalue weighted by atomic mass is 10.3. The number of aromatic nitrogens is 2. The van der Waals surface area contributed by atoms with Crippen molar-refractivity contribution in [3.8, 4) is 0 Å². The first-order valence-corrected chi connectivity index (χ1v) is 7.35. The van der Waals surface area contributed by atoms with E-state index in [1.807, 2.05) is 22.8 Å². The highest BCUT2D eigenvalue weighted by molar-refractivity contribution is 6.31. The summed E-state index contributed by atoms with van der Waals surface area (Å²) < 4.78 is 2.03. The summed E-state index contributed by atoms with van der Waals surface area (Å²) in [4.78, 5) is 17.9. The van der Waals surface area contributed by atoms with Gasteiger partial charge in [0.05, 0.1) is 11.0 Å². The van der Waals surface area contributed by atoms with E-state index in [-0.39, 0.29) is 5.91 Å². The molecule has 0 radical (unpaired) electrons. The largest absolute Gasteiger partial charge is 0.349 e. The molecule has 1 heterocycles. The Morgan fingerprint density at radius 1 is 1.40 bits per heavy atom. The van der Waals surface area contributed by atoms with Crippen molar-refractivity contribution in [2.45, 2.75) is 19.4 Å². The van der Waals surface area contributed by atoms with E-state index in [4.69, 9.17) is 23.2 Å². The summed E-state index contributed by atoms with van der Waals surface area (Å²) in [5.74, 6) is 1.48. The van der Waals surface area contributed by atoms with Gasteiger partial charge in [0.2, 0.25) is 5.91 Å². The van der Waals surface area contributed by atoms with E-state index < -0.39 is 0 Å². The van der Waals surface area contributed by atoms with Gasteiger partial charge in [-0.25, -0.2) is 4.98 Å². The number of hydrogen-bond acceptors (Lipinski definition) is 2. The number of amides is 1. The molecule has 0 unspecified atom stereocenters. The molecule has 1 aromatic carbocycles. The van der Waals surface area contributed by atoms with Crippen molar-refractivity contribution in [1.29, 1.82) is 0 Å². The fourth-order valence-electron chi connectivity index (χ4n) is 2.10. The van der Waals surface area contributed by atoms with Crippen LogP contribution in [0.15, 0.2) is 18.2 Å².